The summed E-state index contributed by atoms with van der Waals surface area (Å²) >= 11 is 0. The maximum absolute atomic E-state index is 13.4. The molecule has 0 saturated heterocycles. The Morgan fingerprint density at radius 3 is 2.43 bits per heavy atom. The zero-order valence-electron chi connectivity index (χ0n) is 7.58. The van der Waals surface area contributed by atoms with Crippen LogP contribution in [-0.4, -0.2) is 5.92 Å². The molecular weight excluding hydrogens is 182 g/mol. The van der Waals surface area contributed by atoms with Crippen molar-refractivity contribution in [2.24, 2.45) is 0 Å². The molecule has 0 nitrogen and oxygen atoms in total. The van der Waals surface area contributed by atoms with E-state index in [-0.39, 0.29) is 12.0 Å². The van der Waals surface area contributed by atoms with E-state index in [1.807, 2.05) is 6.07 Å². The molecule has 0 fully saturated rings. The van der Waals surface area contributed by atoms with Gasteiger partial charge in [0.05, 0.1) is 0 Å². The number of hydrogen-bond acceptors (Lipinski definition) is 0. The maximum Gasteiger partial charge on any atom is 0.277 e. The van der Waals surface area contributed by atoms with E-state index in [1.165, 1.54) is 12.2 Å². The van der Waals surface area contributed by atoms with E-state index in [9.17, 15) is 8.78 Å². The van der Waals surface area contributed by atoms with Gasteiger partial charge in [-0.2, -0.15) is 0 Å². The molecule has 72 valence electrons. The number of rotatable bonds is 1. The van der Waals surface area contributed by atoms with Crippen molar-refractivity contribution >= 4 is 5.57 Å². The summed E-state index contributed by atoms with van der Waals surface area (Å²) in [6.07, 6.45) is 4.46. The smallest absolute Gasteiger partial charge is 0.201 e. The highest BCUT2D eigenvalue weighted by molar-refractivity contribution is 5.73. The quantitative estimate of drug-likeness (QED) is 0.636. The first-order valence-corrected chi connectivity index (χ1v) is 4.51. The van der Waals surface area contributed by atoms with Crippen molar-refractivity contribution in [3.05, 3.63) is 54.1 Å². The van der Waals surface area contributed by atoms with Crippen molar-refractivity contribution in [3.8, 4) is 0 Å². The lowest BCUT2D eigenvalue weighted by molar-refractivity contribution is 0.0694. The first-order chi connectivity index (χ1) is 6.70. The third-order valence-electron chi connectivity index (χ3n) is 2.25. The van der Waals surface area contributed by atoms with Crippen LogP contribution in [0.5, 0.6) is 0 Å². The van der Waals surface area contributed by atoms with E-state index in [4.69, 9.17) is 0 Å². The highest BCUT2D eigenvalue weighted by Crippen LogP contribution is 2.37. The molecule has 2 heteroatoms. The molecule has 0 spiro atoms. The van der Waals surface area contributed by atoms with Gasteiger partial charge in [-0.15, -0.1) is 0 Å². The van der Waals surface area contributed by atoms with Gasteiger partial charge in [0.25, 0.3) is 5.92 Å². The summed E-state index contributed by atoms with van der Waals surface area (Å²) in [4.78, 5) is 0. The highest BCUT2D eigenvalue weighted by atomic mass is 19.3. The van der Waals surface area contributed by atoms with E-state index in [2.05, 4.69) is 0 Å². The largest absolute Gasteiger partial charge is 0.277 e. The summed E-state index contributed by atoms with van der Waals surface area (Å²) in [5.74, 6) is -2.73. The molecule has 2 rings (SSSR count). The molecule has 0 saturated carbocycles. The zero-order chi connectivity index (χ0) is 10.0. The van der Waals surface area contributed by atoms with Gasteiger partial charge in [0, 0.05) is 12.0 Å². The van der Waals surface area contributed by atoms with Gasteiger partial charge in [-0.1, -0.05) is 48.6 Å². The van der Waals surface area contributed by atoms with E-state index < -0.39 is 5.92 Å². The topological polar surface area (TPSA) is 0 Å². The Bertz CT molecular complexity index is 375. The molecule has 1 aliphatic carbocycles. The first-order valence-electron chi connectivity index (χ1n) is 4.51. The van der Waals surface area contributed by atoms with E-state index in [1.54, 1.807) is 30.3 Å². The van der Waals surface area contributed by atoms with Crippen LogP contribution in [-0.2, 0) is 0 Å². The average Bonchev–Trinajstić information content (AvgIpc) is 2.18. The van der Waals surface area contributed by atoms with Crippen molar-refractivity contribution in [2.75, 3.05) is 0 Å². The number of halogens is 2. The third kappa shape index (κ3) is 1.60. The zero-order valence-corrected chi connectivity index (χ0v) is 7.58. The van der Waals surface area contributed by atoms with Crippen LogP contribution in [0.25, 0.3) is 5.57 Å². The van der Waals surface area contributed by atoms with Gasteiger partial charge in [0.1, 0.15) is 0 Å². The summed E-state index contributed by atoms with van der Waals surface area (Å²) in [6, 6.07) is 8.77. The van der Waals surface area contributed by atoms with Gasteiger partial charge in [-0.3, -0.25) is 0 Å². The van der Waals surface area contributed by atoms with Crippen molar-refractivity contribution in [2.45, 2.75) is 12.3 Å². The van der Waals surface area contributed by atoms with Crippen LogP contribution < -0.4 is 0 Å². The number of benzene rings is 1. The van der Waals surface area contributed by atoms with Gasteiger partial charge in [-0.05, 0) is 5.56 Å². The van der Waals surface area contributed by atoms with Gasteiger partial charge in [0.2, 0.25) is 0 Å². The molecule has 0 amide bonds. The van der Waals surface area contributed by atoms with E-state index in [0.29, 0.717) is 5.56 Å². The lowest BCUT2D eigenvalue weighted by Gasteiger charge is -2.21. The molecule has 0 unspecified atom stereocenters. The average molecular weight is 192 g/mol. The molecule has 0 N–H and O–H groups in total. The van der Waals surface area contributed by atoms with Crippen LogP contribution in [0.2, 0.25) is 0 Å². The van der Waals surface area contributed by atoms with Gasteiger partial charge < -0.3 is 0 Å². The molecule has 14 heavy (non-hydrogen) atoms. The van der Waals surface area contributed by atoms with E-state index in [0.717, 1.165) is 0 Å². The Labute approximate surface area is 81.6 Å². The fourth-order valence-corrected chi connectivity index (χ4v) is 1.54. The van der Waals surface area contributed by atoms with Crippen LogP contribution in [0, 0.1) is 0 Å². The number of allylic oxidation sites excluding steroid dienone is 4. The minimum Gasteiger partial charge on any atom is -0.201 e. The molecule has 1 aromatic carbocycles. The molecule has 0 radical (unpaired) electrons. The fraction of sp³-hybridized carbons (Fsp3) is 0.167. The lowest BCUT2D eigenvalue weighted by Crippen LogP contribution is -2.18. The van der Waals surface area contributed by atoms with Crippen LogP contribution in [0.15, 0.2) is 48.6 Å². The Morgan fingerprint density at radius 2 is 1.79 bits per heavy atom. The van der Waals surface area contributed by atoms with E-state index >= 15 is 0 Å². The minimum atomic E-state index is -2.73. The number of hydrogen-bond donors (Lipinski definition) is 0. The SMILES string of the molecule is FC1(F)CC=CC=C1c1ccccc1. The Morgan fingerprint density at radius 1 is 1.07 bits per heavy atom. The molecule has 1 aromatic rings. The second kappa shape index (κ2) is 3.37. The summed E-state index contributed by atoms with van der Waals surface area (Å²) in [5, 5.41) is 0. The standard InChI is InChI=1S/C12H10F2/c13-12(14)9-5-4-8-11(12)10-6-2-1-3-7-10/h1-8H,9H2. The monoisotopic (exact) mass is 192 g/mol. The Kier molecular flexibility index (Phi) is 2.20. The molecule has 0 bridgehead atoms. The van der Waals surface area contributed by atoms with Crippen LogP contribution in [0.4, 0.5) is 8.78 Å². The normalized spacial score (nSPS) is 19.1. The molecule has 0 heterocycles. The van der Waals surface area contributed by atoms with Crippen LogP contribution >= 0.6 is 0 Å². The molecule has 0 aromatic heterocycles. The van der Waals surface area contributed by atoms with Crippen LogP contribution in [0.3, 0.4) is 0 Å². The summed E-state index contributed by atoms with van der Waals surface area (Å²) in [5.41, 5.74) is 0.711. The Balaban J connectivity index is 2.43. The van der Waals surface area contributed by atoms with Crippen molar-refractivity contribution in [3.63, 3.8) is 0 Å². The summed E-state index contributed by atoms with van der Waals surface area (Å²) < 4.78 is 26.9. The predicted molar refractivity (Wildman–Crippen MR) is 53.1 cm³/mol. The summed E-state index contributed by atoms with van der Waals surface area (Å²) in [7, 11) is 0. The molecule has 0 atom stereocenters. The van der Waals surface area contributed by atoms with Gasteiger partial charge in [0.15, 0.2) is 0 Å². The maximum atomic E-state index is 13.4. The molecule has 0 aliphatic heterocycles. The van der Waals surface area contributed by atoms with Crippen molar-refractivity contribution in [1.29, 1.82) is 0 Å². The minimum absolute atomic E-state index is 0.112. The molecular formula is C12H10F2. The third-order valence-corrected chi connectivity index (χ3v) is 2.25. The van der Waals surface area contributed by atoms with Crippen molar-refractivity contribution < 1.29 is 8.78 Å². The first kappa shape index (κ1) is 9.13. The lowest BCUT2D eigenvalue weighted by atomic mass is 9.94. The second-order valence-corrected chi connectivity index (χ2v) is 3.28. The van der Waals surface area contributed by atoms with Crippen molar-refractivity contribution in [1.82, 2.24) is 0 Å². The van der Waals surface area contributed by atoms with Gasteiger partial charge in [-0.25, -0.2) is 8.78 Å². The fourth-order valence-electron chi connectivity index (χ4n) is 1.54. The Hall–Kier alpha value is -1.44. The van der Waals surface area contributed by atoms with Gasteiger partial charge >= 0.3 is 0 Å². The predicted octanol–water partition coefficient (Wildman–Crippen LogP) is 3.67. The summed E-state index contributed by atoms with van der Waals surface area (Å²) in [6.45, 7) is 0. The highest BCUT2D eigenvalue weighted by Gasteiger charge is 2.34. The molecule has 1 aliphatic rings. The van der Waals surface area contributed by atoms with Crippen LogP contribution in [0.1, 0.15) is 12.0 Å². The number of alkyl halides is 2. The second-order valence-electron chi connectivity index (χ2n) is 3.28.